The highest BCUT2D eigenvalue weighted by Crippen LogP contribution is 2.23. The van der Waals surface area contributed by atoms with Crippen LogP contribution in [0.3, 0.4) is 0 Å². The molecule has 8 nitrogen and oxygen atoms in total. The summed E-state index contributed by atoms with van der Waals surface area (Å²) in [6.45, 7) is 0.169. The Morgan fingerprint density at radius 2 is 1.77 bits per heavy atom. The van der Waals surface area contributed by atoms with Crippen LogP contribution in [0.25, 0.3) is 0 Å². The monoisotopic (exact) mass is 348 g/mol. The lowest BCUT2D eigenvalue weighted by Crippen LogP contribution is -2.33. The minimum atomic E-state index is -3.36. The molecule has 1 fully saturated rings. The fourth-order valence-electron chi connectivity index (χ4n) is 1.96. The van der Waals surface area contributed by atoms with Gasteiger partial charge in [0.25, 0.3) is 0 Å². The number of sulfone groups is 1. The van der Waals surface area contributed by atoms with Crippen molar-refractivity contribution < 1.29 is 26.4 Å². The summed E-state index contributed by atoms with van der Waals surface area (Å²) in [5.41, 5.74) is 0.485. The molecule has 1 aromatic carbocycles. The van der Waals surface area contributed by atoms with Crippen molar-refractivity contribution in [3.05, 3.63) is 24.3 Å². The molecule has 1 unspecified atom stereocenters. The average Bonchev–Trinajstić information content (AvgIpc) is 2.76. The molecule has 2 rings (SSSR count). The smallest absolute Gasteiger partial charge is 0.414 e. The SMILES string of the molecule is CS(=O)(=O)NCC1CN(c2ccc(S(C)(=O)=O)cc2)C(=O)O1. The lowest BCUT2D eigenvalue weighted by atomic mass is 10.3. The number of ether oxygens (including phenoxy) is 1. The molecule has 1 amide bonds. The molecule has 1 heterocycles. The highest BCUT2D eigenvalue weighted by molar-refractivity contribution is 7.90. The largest absolute Gasteiger partial charge is 0.443 e. The van der Waals surface area contributed by atoms with E-state index in [2.05, 4.69) is 4.72 Å². The third-order valence-corrected chi connectivity index (χ3v) is 4.84. The van der Waals surface area contributed by atoms with Gasteiger partial charge >= 0.3 is 6.09 Å². The van der Waals surface area contributed by atoms with Gasteiger partial charge in [-0.25, -0.2) is 26.4 Å². The number of sulfonamides is 1. The number of carbonyl (C=O) groups is 1. The minimum absolute atomic E-state index is 0.0114. The summed E-state index contributed by atoms with van der Waals surface area (Å²) in [5.74, 6) is 0. The van der Waals surface area contributed by atoms with Gasteiger partial charge in [-0.15, -0.1) is 0 Å². The number of hydrogen-bond donors (Lipinski definition) is 1. The maximum atomic E-state index is 11.8. The molecular weight excluding hydrogens is 332 g/mol. The molecule has 0 radical (unpaired) electrons. The second kappa shape index (κ2) is 5.86. The van der Waals surface area contributed by atoms with Crippen LogP contribution in [-0.4, -0.2) is 54.6 Å². The third kappa shape index (κ3) is 4.18. The van der Waals surface area contributed by atoms with Gasteiger partial charge in [-0.05, 0) is 24.3 Å². The van der Waals surface area contributed by atoms with Gasteiger partial charge in [0, 0.05) is 18.5 Å². The molecule has 1 saturated heterocycles. The molecule has 0 saturated carbocycles. The molecule has 1 aromatic rings. The lowest BCUT2D eigenvalue weighted by molar-refractivity contribution is 0.143. The lowest BCUT2D eigenvalue weighted by Gasteiger charge is -2.13. The van der Waals surface area contributed by atoms with Crippen molar-refractivity contribution in [3.8, 4) is 0 Å². The number of amides is 1. The van der Waals surface area contributed by atoms with E-state index in [9.17, 15) is 21.6 Å². The maximum Gasteiger partial charge on any atom is 0.414 e. The number of nitrogens with zero attached hydrogens (tertiary/aromatic N) is 1. The molecule has 1 aliphatic rings. The van der Waals surface area contributed by atoms with Crippen LogP contribution < -0.4 is 9.62 Å². The van der Waals surface area contributed by atoms with Gasteiger partial charge in [-0.1, -0.05) is 0 Å². The summed E-state index contributed by atoms with van der Waals surface area (Å²) in [6, 6.07) is 5.81. The molecule has 1 N–H and O–H groups in total. The second-order valence-corrected chi connectivity index (χ2v) is 8.85. The predicted molar refractivity (Wildman–Crippen MR) is 80.0 cm³/mol. The fourth-order valence-corrected chi connectivity index (χ4v) is 3.08. The second-order valence-electron chi connectivity index (χ2n) is 5.00. The van der Waals surface area contributed by atoms with Crippen LogP contribution in [0, 0.1) is 0 Å². The number of carbonyl (C=O) groups excluding carboxylic acids is 1. The van der Waals surface area contributed by atoms with Crippen molar-refractivity contribution in [3.63, 3.8) is 0 Å². The van der Waals surface area contributed by atoms with Crippen molar-refractivity contribution in [2.75, 3.05) is 30.5 Å². The zero-order chi connectivity index (χ0) is 16.5. The quantitative estimate of drug-likeness (QED) is 0.800. The summed E-state index contributed by atoms with van der Waals surface area (Å²) in [5, 5.41) is 0. The number of cyclic esters (lactones) is 1. The van der Waals surface area contributed by atoms with Crippen LogP contribution in [0.15, 0.2) is 29.2 Å². The van der Waals surface area contributed by atoms with E-state index in [4.69, 9.17) is 4.74 Å². The van der Waals surface area contributed by atoms with E-state index in [0.717, 1.165) is 12.5 Å². The van der Waals surface area contributed by atoms with E-state index in [1.165, 1.54) is 29.2 Å². The van der Waals surface area contributed by atoms with Crippen LogP contribution in [0.1, 0.15) is 0 Å². The summed E-state index contributed by atoms with van der Waals surface area (Å²) in [7, 11) is -6.66. The van der Waals surface area contributed by atoms with Gasteiger partial charge in [-0.3, -0.25) is 4.90 Å². The van der Waals surface area contributed by atoms with Gasteiger partial charge in [0.15, 0.2) is 9.84 Å². The Hall–Kier alpha value is -1.65. The van der Waals surface area contributed by atoms with Crippen LogP contribution in [0.4, 0.5) is 10.5 Å². The molecule has 10 heteroatoms. The maximum absolute atomic E-state index is 11.8. The third-order valence-electron chi connectivity index (χ3n) is 3.02. The van der Waals surface area contributed by atoms with Crippen molar-refractivity contribution in [2.45, 2.75) is 11.0 Å². The molecule has 0 aromatic heterocycles. The molecule has 22 heavy (non-hydrogen) atoms. The predicted octanol–water partition coefficient (Wildman–Crippen LogP) is -0.0355. The summed E-state index contributed by atoms with van der Waals surface area (Å²) in [4.78, 5) is 13.3. The molecule has 0 spiro atoms. The Kier molecular flexibility index (Phi) is 4.45. The highest BCUT2D eigenvalue weighted by atomic mass is 32.2. The number of anilines is 1. The Labute approximate surface area is 129 Å². The Balaban J connectivity index is 2.08. The van der Waals surface area contributed by atoms with E-state index in [1.54, 1.807) is 0 Å². The van der Waals surface area contributed by atoms with Gasteiger partial charge in [0.1, 0.15) is 6.10 Å². The molecule has 1 atom stereocenters. The number of benzene rings is 1. The Morgan fingerprint density at radius 3 is 2.27 bits per heavy atom. The first kappa shape index (κ1) is 16.7. The Morgan fingerprint density at radius 1 is 1.18 bits per heavy atom. The van der Waals surface area contributed by atoms with Crippen molar-refractivity contribution in [1.82, 2.24) is 4.72 Å². The van der Waals surface area contributed by atoms with Crippen molar-refractivity contribution >= 4 is 31.6 Å². The first-order valence-electron chi connectivity index (χ1n) is 6.29. The van der Waals surface area contributed by atoms with Gasteiger partial charge in [-0.2, -0.15) is 0 Å². The molecule has 0 bridgehead atoms. The van der Waals surface area contributed by atoms with Crippen molar-refractivity contribution in [1.29, 1.82) is 0 Å². The summed E-state index contributed by atoms with van der Waals surface area (Å²) < 4.78 is 52.2. The number of nitrogens with one attached hydrogen (secondary N) is 1. The molecule has 122 valence electrons. The van der Waals surface area contributed by atoms with E-state index in [1.807, 2.05) is 0 Å². The van der Waals surface area contributed by atoms with Gasteiger partial charge in [0.05, 0.1) is 17.7 Å². The highest BCUT2D eigenvalue weighted by Gasteiger charge is 2.32. The van der Waals surface area contributed by atoms with Crippen LogP contribution >= 0.6 is 0 Å². The molecular formula is C12H16N2O6S2. The average molecular weight is 348 g/mol. The summed E-state index contributed by atoms with van der Waals surface area (Å²) >= 11 is 0. The van der Waals surface area contributed by atoms with Crippen LogP contribution in [0.2, 0.25) is 0 Å². The van der Waals surface area contributed by atoms with Crippen LogP contribution in [-0.2, 0) is 24.6 Å². The molecule has 0 aliphatic carbocycles. The van der Waals surface area contributed by atoms with Gasteiger partial charge in [0.2, 0.25) is 10.0 Å². The first-order valence-corrected chi connectivity index (χ1v) is 10.1. The van der Waals surface area contributed by atoms with Crippen molar-refractivity contribution in [2.24, 2.45) is 0 Å². The van der Waals surface area contributed by atoms with E-state index in [0.29, 0.717) is 5.69 Å². The number of hydrogen-bond acceptors (Lipinski definition) is 6. The van der Waals surface area contributed by atoms with E-state index < -0.39 is 32.1 Å². The van der Waals surface area contributed by atoms with Crippen LogP contribution in [0.5, 0.6) is 0 Å². The zero-order valence-electron chi connectivity index (χ0n) is 12.0. The first-order chi connectivity index (χ1) is 10.1. The zero-order valence-corrected chi connectivity index (χ0v) is 13.6. The van der Waals surface area contributed by atoms with E-state index >= 15 is 0 Å². The topological polar surface area (TPSA) is 110 Å². The van der Waals surface area contributed by atoms with E-state index in [-0.39, 0.29) is 18.0 Å². The number of rotatable bonds is 5. The standard InChI is InChI=1S/C12H16N2O6S2/c1-21(16,17)11-5-3-9(4-6-11)14-8-10(20-12(14)15)7-13-22(2,18)19/h3-6,10,13H,7-8H2,1-2H3. The molecule has 1 aliphatic heterocycles. The fraction of sp³-hybridized carbons (Fsp3) is 0.417. The Bertz CT molecular complexity index is 770. The van der Waals surface area contributed by atoms with Gasteiger partial charge < -0.3 is 4.74 Å². The summed E-state index contributed by atoms with van der Waals surface area (Å²) in [6.07, 6.45) is 0.911. The normalized spacial score (nSPS) is 19.3. The minimum Gasteiger partial charge on any atom is -0.443 e.